The Morgan fingerprint density at radius 3 is 3.00 bits per heavy atom. The topological polar surface area (TPSA) is 87.7 Å². The van der Waals surface area contributed by atoms with Crippen molar-refractivity contribution in [1.82, 2.24) is 14.6 Å². The van der Waals surface area contributed by atoms with Crippen molar-refractivity contribution < 1.29 is 4.79 Å². The Balaban J connectivity index is 1.92. The van der Waals surface area contributed by atoms with Gasteiger partial charge in [-0.3, -0.25) is 9.59 Å². The van der Waals surface area contributed by atoms with Crippen molar-refractivity contribution in [3.05, 3.63) is 39.4 Å². The van der Waals surface area contributed by atoms with Gasteiger partial charge in [0.2, 0.25) is 0 Å². The van der Waals surface area contributed by atoms with Crippen molar-refractivity contribution in [2.75, 3.05) is 5.32 Å². The SMILES string of the molecule is O=C(Nc1cnns1)c1cc2c([nH]c1=O)CCCC2. The number of fused-ring (bicyclic) bond motifs is 1. The maximum absolute atomic E-state index is 12.0. The second kappa shape index (κ2) is 4.93. The van der Waals surface area contributed by atoms with Gasteiger partial charge in [-0.2, -0.15) is 0 Å². The highest BCUT2D eigenvalue weighted by atomic mass is 32.1. The van der Waals surface area contributed by atoms with E-state index in [1.807, 2.05) is 0 Å². The Morgan fingerprint density at radius 2 is 2.21 bits per heavy atom. The number of anilines is 1. The van der Waals surface area contributed by atoms with Crippen LogP contribution in [0.3, 0.4) is 0 Å². The zero-order valence-electron chi connectivity index (χ0n) is 10.1. The summed E-state index contributed by atoms with van der Waals surface area (Å²) < 4.78 is 3.65. The molecule has 0 atom stereocenters. The lowest BCUT2D eigenvalue weighted by molar-refractivity contribution is 0.102. The van der Waals surface area contributed by atoms with E-state index in [0.29, 0.717) is 5.00 Å². The van der Waals surface area contributed by atoms with Gasteiger partial charge in [0.15, 0.2) is 0 Å². The van der Waals surface area contributed by atoms with E-state index in [1.165, 1.54) is 6.20 Å². The second-order valence-corrected chi connectivity index (χ2v) is 5.24. The molecule has 6 nitrogen and oxygen atoms in total. The van der Waals surface area contributed by atoms with Gasteiger partial charge in [0.25, 0.3) is 11.5 Å². The molecule has 19 heavy (non-hydrogen) atoms. The summed E-state index contributed by atoms with van der Waals surface area (Å²) in [6, 6.07) is 1.71. The molecule has 2 N–H and O–H groups in total. The number of amides is 1. The molecule has 0 aliphatic heterocycles. The lowest BCUT2D eigenvalue weighted by atomic mass is 9.95. The summed E-state index contributed by atoms with van der Waals surface area (Å²) in [6.07, 6.45) is 5.43. The van der Waals surface area contributed by atoms with Crippen molar-refractivity contribution in [2.45, 2.75) is 25.7 Å². The number of hydrogen-bond donors (Lipinski definition) is 2. The van der Waals surface area contributed by atoms with Gasteiger partial charge in [-0.25, -0.2) is 0 Å². The van der Waals surface area contributed by atoms with Gasteiger partial charge >= 0.3 is 0 Å². The number of hydrogen-bond acceptors (Lipinski definition) is 5. The molecule has 2 aromatic heterocycles. The summed E-state index contributed by atoms with van der Waals surface area (Å²) in [6.45, 7) is 0. The molecule has 98 valence electrons. The summed E-state index contributed by atoms with van der Waals surface area (Å²) in [4.78, 5) is 26.8. The van der Waals surface area contributed by atoms with Gasteiger partial charge < -0.3 is 10.3 Å². The Labute approximate surface area is 113 Å². The van der Waals surface area contributed by atoms with Crippen LogP contribution >= 0.6 is 11.5 Å². The van der Waals surface area contributed by atoms with E-state index in [1.54, 1.807) is 6.07 Å². The molecule has 0 unspecified atom stereocenters. The minimum atomic E-state index is -0.416. The highest BCUT2D eigenvalue weighted by Crippen LogP contribution is 2.19. The number of carbonyl (C=O) groups is 1. The Morgan fingerprint density at radius 1 is 1.37 bits per heavy atom. The molecule has 0 saturated carbocycles. The minimum absolute atomic E-state index is 0.147. The van der Waals surface area contributed by atoms with Crippen molar-refractivity contribution in [3.8, 4) is 0 Å². The van der Waals surface area contributed by atoms with Gasteiger partial charge in [-0.1, -0.05) is 4.49 Å². The molecule has 0 spiro atoms. The average Bonchev–Trinajstić information content (AvgIpc) is 2.90. The fraction of sp³-hybridized carbons (Fsp3) is 0.333. The minimum Gasteiger partial charge on any atom is -0.325 e. The maximum atomic E-state index is 12.0. The number of H-pyrrole nitrogens is 1. The van der Waals surface area contributed by atoms with E-state index in [0.717, 1.165) is 48.5 Å². The Bertz CT molecular complexity index is 663. The number of nitrogens with one attached hydrogen (secondary N) is 2. The van der Waals surface area contributed by atoms with E-state index < -0.39 is 5.91 Å². The molecule has 1 aliphatic carbocycles. The first-order chi connectivity index (χ1) is 9.24. The normalized spacial score (nSPS) is 13.9. The smallest absolute Gasteiger partial charge is 0.261 e. The molecule has 3 rings (SSSR count). The van der Waals surface area contributed by atoms with Crippen LogP contribution in [0.2, 0.25) is 0 Å². The molecule has 0 aromatic carbocycles. The zero-order valence-corrected chi connectivity index (χ0v) is 10.9. The lowest BCUT2D eigenvalue weighted by Gasteiger charge is -2.15. The van der Waals surface area contributed by atoms with Crippen molar-refractivity contribution in [1.29, 1.82) is 0 Å². The van der Waals surface area contributed by atoms with E-state index in [4.69, 9.17) is 0 Å². The van der Waals surface area contributed by atoms with Crippen molar-refractivity contribution in [2.24, 2.45) is 0 Å². The third-order valence-corrected chi connectivity index (χ3v) is 3.76. The molecule has 1 amide bonds. The highest BCUT2D eigenvalue weighted by molar-refractivity contribution is 7.10. The van der Waals surface area contributed by atoms with Gasteiger partial charge in [0.05, 0.1) is 6.20 Å². The van der Waals surface area contributed by atoms with Crippen LogP contribution < -0.4 is 10.9 Å². The maximum Gasteiger partial charge on any atom is 0.261 e. The second-order valence-electron chi connectivity index (χ2n) is 4.46. The Kier molecular flexibility index (Phi) is 3.12. The largest absolute Gasteiger partial charge is 0.325 e. The number of carbonyl (C=O) groups excluding carboxylic acids is 1. The summed E-state index contributed by atoms with van der Waals surface area (Å²) in [5.41, 5.74) is 1.84. The summed E-state index contributed by atoms with van der Waals surface area (Å²) in [5, 5.41) is 6.78. The number of pyridine rings is 1. The van der Waals surface area contributed by atoms with Crippen LogP contribution in [-0.4, -0.2) is 20.5 Å². The number of aromatic amines is 1. The van der Waals surface area contributed by atoms with E-state index in [-0.39, 0.29) is 11.1 Å². The number of nitrogens with zero attached hydrogens (tertiary/aromatic N) is 2. The number of aryl methyl sites for hydroxylation is 2. The molecule has 0 saturated heterocycles. The first kappa shape index (κ1) is 12.0. The summed E-state index contributed by atoms with van der Waals surface area (Å²) in [7, 11) is 0. The van der Waals surface area contributed by atoms with Crippen LogP contribution in [0.1, 0.15) is 34.5 Å². The first-order valence-corrected chi connectivity index (χ1v) is 6.85. The van der Waals surface area contributed by atoms with E-state index >= 15 is 0 Å². The van der Waals surface area contributed by atoms with Crippen LogP contribution in [-0.2, 0) is 12.8 Å². The van der Waals surface area contributed by atoms with Gasteiger partial charge in [0.1, 0.15) is 10.6 Å². The number of rotatable bonds is 2. The fourth-order valence-electron chi connectivity index (χ4n) is 2.25. The van der Waals surface area contributed by atoms with Crippen LogP contribution in [0.15, 0.2) is 17.1 Å². The van der Waals surface area contributed by atoms with Gasteiger partial charge in [-0.05, 0) is 37.3 Å². The highest BCUT2D eigenvalue weighted by Gasteiger charge is 2.17. The average molecular weight is 276 g/mol. The molecule has 0 fully saturated rings. The van der Waals surface area contributed by atoms with E-state index in [9.17, 15) is 9.59 Å². The van der Waals surface area contributed by atoms with E-state index in [2.05, 4.69) is 19.9 Å². The fourth-order valence-corrected chi connectivity index (χ4v) is 2.66. The van der Waals surface area contributed by atoms with Crippen molar-refractivity contribution >= 4 is 22.4 Å². The third kappa shape index (κ3) is 2.41. The molecular weight excluding hydrogens is 264 g/mol. The standard InChI is InChI=1S/C12H12N4O2S/c17-11-8(12(18)15-10-6-13-16-19-10)5-7-3-1-2-4-9(7)14-11/h5-6H,1-4H2,(H,14,17)(H,15,18). The molecule has 2 aromatic rings. The lowest BCUT2D eigenvalue weighted by Crippen LogP contribution is -2.25. The molecular formula is C12H12N4O2S. The first-order valence-electron chi connectivity index (χ1n) is 6.08. The van der Waals surface area contributed by atoms with Crippen LogP contribution in [0.4, 0.5) is 5.00 Å². The monoisotopic (exact) mass is 276 g/mol. The van der Waals surface area contributed by atoms with Crippen LogP contribution in [0, 0.1) is 0 Å². The van der Waals surface area contributed by atoms with Gasteiger partial charge in [-0.15, -0.1) is 5.10 Å². The summed E-state index contributed by atoms with van der Waals surface area (Å²) in [5.74, 6) is -0.416. The van der Waals surface area contributed by atoms with Crippen molar-refractivity contribution in [3.63, 3.8) is 0 Å². The zero-order chi connectivity index (χ0) is 13.2. The quantitative estimate of drug-likeness (QED) is 0.867. The molecule has 2 heterocycles. The molecule has 0 radical (unpaired) electrons. The number of aromatic nitrogens is 3. The molecule has 1 aliphatic rings. The summed E-state index contributed by atoms with van der Waals surface area (Å²) >= 11 is 1.08. The molecule has 0 bridgehead atoms. The Hall–Kier alpha value is -2.02. The van der Waals surface area contributed by atoms with Crippen LogP contribution in [0.25, 0.3) is 0 Å². The molecule has 7 heteroatoms. The van der Waals surface area contributed by atoms with Crippen LogP contribution in [0.5, 0.6) is 0 Å². The van der Waals surface area contributed by atoms with Gasteiger partial charge in [0, 0.05) is 17.2 Å². The predicted octanol–water partition coefficient (Wildman–Crippen LogP) is 1.36. The predicted molar refractivity (Wildman–Crippen MR) is 71.6 cm³/mol. The third-order valence-electron chi connectivity index (χ3n) is 3.18.